The van der Waals surface area contributed by atoms with Gasteiger partial charge in [0.25, 0.3) is 0 Å². The second-order valence-electron chi connectivity index (χ2n) is 12.8. The lowest BCUT2D eigenvalue weighted by Crippen LogP contribution is -2.54. The smallest absolute Gasteiger partial charge is 0.0757 e. The van der Waals surface area contributed by atoms with Gasteiger partial charge in [0.1, 0.15) is 0 Å². The van der Waals surface area contributed by atoms with E-state index in [0.29, 0.717) is 40.9 Å². The lowest BCUT2D eigenvalue weighted by Gasteiger charge is -2.59. The van der Waals surface area contributed by atoms with Crippen LogP contribution in [0.25, 0.3) is 0 Å². The Morgan fingerprint density at radius 3 is 2.39 bits per heavy atom. The van der Waals surface area contributed by atoms with Crippen LogP contribution in [0.3, 0.4) is 0 Å². The third-order valence-corrected chi connectivity index (χ3v) is 11.1. The summed E-state index contributed by atoms with van der Waals surface area (Å²) >= 11 is 0. The quantitative estimate of drug-likeness (QED) is 0.485. The van der Waals surface area contributed by atoms with Crippen LogP contribution in [-0.2, 0) is 0 Å². The average Bonchev–Trinajstić information content (AvgIpc) is 3.05. The van der Waals surface area contributed by atoms with E-state index < -0.39 is 0 Å². The minimum absolute atomic E-state index is 0.192. The fourth-order valence-corrected chi connectivity index (χ4v) is 8.74. The van der Waals surface area contributed by atoms with E-state index in [1.807, 2.05) is 0 Å². The van der Waals surface area contributed by atoms with Gasteiger partial charge in [-0.25, -0.2) is 0 Å². The molecule has 3 saturated carbocycles. The summed E-state index contributed by atoms with van der Waals surface area (Å²) in [7, 11) is 0. The molecule has 0 bridgehead atoms. The van der Waals surface area contributed by atoms with Gasteiger partial charge >= 0.3 is 0 Å². The minimum atomic E-state index is -0.324. The van der Waals surface area contributed by atoms with E-state index in [1.165, 1.54) is 31.3 Å². The maximum Gasteiger partial charge on any atom is 0.0757 e. The molecule has 176 valence electrons. The number of rotatable bonds is 4. The van der Waals surface area contributed by atoms with Crippen molar-refractivity contribution in [3.05, 3.63) is 23.3 Å². The summed E-state index contributed by atoms with van der Waals surface area (Å²) in [6, 6.07) is 0. The lowest BCUT2D eigenvalue weighted by molar-refractivity contribution is -0.0951. The van der Waals surface area contributed by atoms with E-state index >= 15 is 0 Å². The fourth-order valence-electron chi connectivity index (χ4n) is 8.74. The van der Waals surface area contributed by atoms with Gasteiger partial charge in [-0.3, -0.25) is 0 Å². The second kappa shape index (κ2) is 8.32. The molecule has 3 fully saturated rings. The molecule has 0 heterocycles. The van der Waals surface area contributed by atoms with Crippen LogP contribution in [0.1, 0.15) is 93.4 Å². The van der Waals surface area contributed by atoms with E-state index in [9.17, 15) is 10.2 Å². The summed E-state index contributed by atoms with van der Waals surface area (Å²) < 4.78 is 0. The van der Waals surface area contributed by atoms with Crippen molar-refractivity contribution in [3.8, 4) is 0 Å². The Morgan fingerprint density at radius 1 is 1.00 bits per heavy atom. The third kappa shape index (κ3) is 3.78. The molecule has 0 saturated heterocycles. The third-order valence-electron chi connectivity index (χ3n) is 11.1. The zero-order chi connectivity index (χ0) is 22.7. The van der Waals surface area contributed by atoms with Crippen molar-refractivity contribution in [1.29, 1.82) is 0 Å². The van der Waals surface area contributed by atoms with Crippen molar-refractivity contribution in [2.24, 2.45) is 52.3 Å². The predicted molar refractivity (Wildman–Crippen MR) is 130 cm³/mol. The van der Waals surface area contributed by atoms with E-state index in [2.05, 4.69) is 60.6 Å². The van der Waals surface area contributed by atoms with Crippen molar-refractivity contribution in [3.63, 3.8) is 0 Å². The first-order valence-electron chi connectivity index (χ1n) is 13.2. The van der Waals surface area contributed by atoms with Crippen LogP contribution in [0.4, 0.5) is 0 Å². The van der Waals surface area contributed by atoms with Crippen LogP contribution in [0.2, 0.25) is 0 Å². The summed E-state index contributed by atoms with van der Waals surface area (Å²) in [5.74, 6) is 4.30. The molecule has 2 unspecified atom stereocenters. The Bertz CT molecular complexity index is 735. The molecule has 4 rings (SSSR count). The van der Waals surface area contributed by atoms with Gasteiger partial charge in [-0.15, -0.1) is 0 Å². The Labute approximate surface area is 191 Å². The maximum absolute atomic E-state index is 11.3. The largest absolute Gasteiger partial charge is 0.393 e. The number of hydrogen-bond donors (Lipinski definition) is 2. The second-order valence-corrected chi connectivity index (χ2v) is 12.8. The Balaban J connectivity index is 1.59. The molecule has 0 aromatic carbocycles. The Kier molecular flexibility index (Phi) is 6.32. The van der Waals surface area contributed by atoms with E-state index in [-0.39, 0.29) is 17.6 Å². The Hall–Kier alpha value is -0.600. The van der Waals surface area contributed by atoms with Crippen molar-refractivity contribution >= 4 is 0 Å². The van der Waals surface area contributed by atoms with Crippen LogP contribution in [0.5, 0.6) is 0 Å². The molecular formula is C29H48O2. The van der Waals surface area contributed by atoms with Crippen LogP contribution in [0.15, 0.2) is 23.3 Å². The zero-order valence-electron chi connectivity index (χ0n) is 21.2. The highest BCUT2D eigenvalue weighted by atomic mass is 16.3. The molecule has 2 nitrogen and oxygen atoms in total. The fraction of sp³-hybridized carbons (Fsp3) is 0.862. The number of fused-ring (bicyclic) bond motifs is 5. The van der Waals surface area contributed by atoms with E-state index in [0.717, 1.165) is 25.2 Å². The van der Waals surface area contributed by atoms with E-state index in [4.69, 9.17) is 0 Å². The zero-order valence-corrected chi connectivity index (χ0v) is 21.2. The molecule has 0 aromatic rings. The highest BCUT2D eigenvalue weighted by Gasteiger charge is 2.61. The van der Waals surface area contributed by atoms with Gasteiger partial charge < -0.3 is 10.2 Å². The summed E-state index contributed by atoms with van der Waals surface area (Å²) in [5.41, 5.74) is 3.45. The van der Waals surface area contributed by atoms with Crippen LogP contribution < -0.4 is 0 Å². The van der Waals surface area contributed by atoms with Crippen molar-refractivity contribution in [1.82, 2.24) is 0 Å². The molecule has 0 amide bonds. The summed E-state index contributed by atoms with van der Waals surface area (Å²) in [6.07, 6.45) is 12.2. The molecule has 10 atom stereocenters. The molecule has 0 aromatic heterocycles. The highest BCUT2D eigenvalue weighted by Crippen LogP contribution is 2.67. The highest BCUT2D eigenvalue weighted by molar-refractivity contribution is 5.28. The first-order valence-corrected chi connectivity index (χ1v) is 13.2. The van der Waals surface area contributed by atoms with Gasteiger partial charge in [0, 0.05) is 0 Å². The average molecular weight is 429 g/mol. The maximum atomic E-state index is 11.3. The van der Waals surface area contributed by atoms with Crippen molar-refractivity contribution in [2.75, 3.05) is 0 Å². The molecule has 0 spiro atoms. The van der Waals surface area contributed by atoms with Gasteiger partial charge in [0.2, 0.25) is 0 Å². The number of allylic oxidation sites excluding steroid dienone is 2. The molecule has 0 aliphatic heterocycles. The standard InChI is InChI=1S/C29H48O2/c1-17(2)20(5)18(3)14-19(4)23-8-9-24-27-25(11-13-29(23,24)7)28(6)12-10-22(30)15-21(28)16-26(27)31/h14,16-17,19-20,22-27,30-31H,8-13,15H2,1-7H3/t19-,20-,22?,23-,24+,25+,26?,27+,28+,29-/m1/s1. The first-order chi connectivity index (χ1) is 14.5. The van der Waals surface area contributed by atoms with E-state index in [1.54, 1.807) is 5.57 Å². The van der Waals surface area contributed by atoms with Crippen LogP contribution >= 0.6 is 0 Å². The van der Waals surface area contributed by atoms with Crippen molar-refractivity contribution < 1.29 is 10.2 Å². The summed E-state index contributed by atoms with van der Waals surface area (Å²) in [5, 5.41) is 21.6. The SMILES string of the molecule is CC(=C[C@@H](C)[C@H]1CC[C@H]2[C@@H]3C(O)C=C4CC(O)CC[C@]4(C)[C@H]3CC[C@]12C)[C@H](C)C(C)C. The molecule has 2 heteroatoms. The number of aliphatic hydroxyl groups is 2. The Morgan fingerprint density at radius 2 is 1.71 bits per heavy atom. The van der Waals surface area contributed by atoms with Gasteiger partial charge in [-0.2, -0.15) is 0 Å². The van der Waals surface area contributed by atoms with Crippen LogP contribution in [-0.4, -0.2) is 22.4 Å². The van der Waals surface area contributed by atoms with Gasteiger partial charge in [0.15, 0.2) is 0 Å². The predicted octanol–water partition coefficient (Wildman–Crippen LogP) is 6.77. The normalized spacial score (nSPS) is 47.3. The van der Waals surface area contributed by atoms with Crippen LogP contribution in [0, 0.1) is 52.3 Å². The van der Waals surface area contributed by atoms with Crippen molar-refractivity contribution in [2.45, 2.75) is 106 Å². The minimum Gasteiger partial charge on any atom is -0.393 e. The topological polar surface area (TPSA) is 40.5 Å². The monoisotopic (exact) mass is 428 g/mol. The summed E-state index contributed by atoms with van der Waals surface area (Å²) in [6.45, 7) is 16.8. The molecule has 0 radical (unpaired) electrons. The molecule has 2 N–H and O–H groups in total. The van der Waals surface area contributed by atoms with Gasteiger partial charge in [-0.05, 0) is 104 Å². The summed E-state index contributed by atoms with van der Waals surface area (Å²) in [4.78, 5) is 0. The molecule has 4 aliphatic carbocycles. The lowest BCUT2D eigenvalue weighted by atomic mass is 9.46. The van der Waals surface area contributed by atoms with Gasteiger partial charge in [-0.1, -0.05) is 64.8 Å². The van der Waals surface area contributed by atoms with Gasteiger partial charge in [0.05, 0.1) is 12.2 Å². The number of aliphatic hydroxyl groups excluding tert-OH is 2. The molecular weight excluding hydrogens is 380 g/mol. The molecule has 4 aliphatic rings. The first kappa shape index (κ1) is 23.6. The molecule has 31 heavy (non-hydrogen) atoms. The number of hydrogen-bond acceptors (Lipinski definition) is 2.